The van der Waals surface area contributed by atoms with E-state index in [0.29, 0.717) is 23.5 Å². The number of nitrogens with one attached hydrogen (secondary N) is 1. The number of H-pyrrole nitrogens is 1. The summed E-state index contributed by atoms with van der Waals surface area (Å²) in [6.07, 6.45) is 0.860. The predicted octanol–water partition coefficient (Wildman–Crippen LogP) is 4.31. The highest BCUT2D eigenvalue weighted by Gasteiger charge is 2.30. The standard InChI is InChI=1S/C24H26NO8P/c1-29-18-9-5-16(6-10-18)14-33-19-11-7-17(8-12-19)20-13-25-24(27)22(23(20)30-2)21(26)15-34(28,31-3)32-4/h5-13H,14-15H2,1-4H3,(H,25,27). The summed E-state index contributed by atoms with van der Waals surface area (Å²) in [5.41, 5.74) is 1.23. The van der Waals surface area contributed by atoms with Crippen LogP contribution in [0.3, 0.4) is 0 Å². The lowest BCUT2D eigenvalue weighted by Gasteiger charge is -2.15. The zero-order valence-corrected chi connectivity index (χ0v) is 20.2. The van der Waals surface area contributed by atoms with Crippen molar-refractivity contribution in [3.05, 3.63) is 76.2 Å². The first-order valence-corrected chi connectivity index (χ1v) is 12.0. The van der Waals surface area contributed by atoms with Crippen LogP contribution in [0.2, 0.25) is 0 Å². The van der Waals surface area contributed by atoms with Crippen molar-refractivity contribution in [1.29, 1.82) is 0 Å². The van der Waals surface area contributed by atoms with Crippen LogP contribution in [0.4, 0.5) is 0 Å². The number of rotatable bonds is 11. The van der Waals surface area contributed by atoms with E-state index in [1.165, 1.54) is 27.5 Å². The highest BCUT2D eigenvalue weighted by atomic mass is 31.2. The third-order valence-corrected chi connectivity index (χ3v) is 6.94. The minimum atomic E-state index is -3.67. The van der Waals surface area contributed by atoms with E-state index >= 15 is 0 Å². The van der Waals surface area contributed by atoms with Crippen LogP contribution in [0.5, 0.6) is 17.2 Å². The number of aromatic amines is 1. The molecule has 0 aliphatic heterocycles. The Kier molecular flexibility index (Phi) is 8.28. The molecule has 0 fully saturated rings. The first-order chi connectivity index (χ1) is 16.3. The molecule has 0 aliphatic rings. The lowest BCUT2D eigenvalue weighted by Crippen LogP contribution is -2.22. The van der Waals surface area contributed by atoms with Gasteiger partial charge in [-0.2, -0.15) is 0 Å². The van der Waals surface area contributed by atoms with Gasteiger partial charge in [-0.3, -0.25) is 14.2 Å². The maximum atomic E-state index is 12.8. The summed E-state index contributed by atoms with van der Waals surface area (Å²) in [5, 5.41) is 0. The number of pyridine rings is 1. The molecule has 10 heteroatoms. The third-order valence-electron chi connectivity index (χ3n) is 5.15. The Balaban J connectivity index is 1.83. The Labute approximate surface area is 197 Å². The van der Waals surface area contributed by atoms with E-state index in [1.54, 1.807) is 31.4 Å². The average Bonchev–Trinajstić information content (AvgIpc) is 2.87. The summed E-state index contributed by atoms with van der Waals surface area (Å²) in [6, 6.07) is 14.7. The quantitative estimate of drug-likeness (QED) is 0.315. The fourth-order valence-corrected chi connectivity index (χ4v) is 4.19. The Bertz CT molecular complexity index is 1230. The van der Waals surface area contributed by atoms with Gasteiger partial charge in [-0.15, -0.1) is 0 Å². The molecule has 0 radical (unpaired) electrons. The predicted molar refractivity (Wildman–Crippen MR) is 127 cm³/mol. The number of benzene rings is 2. The summed E-state index contributed by atoms with van der Waals surface area (Å²) in [4.78, 5) is 27.8. The van der Waals surface area contributed by atoms with E-state index in [4.69, 9.17) is 23.3 Å². The molecule has 1 heterocycles. The van der Waals surface area contributed by atoms with Gasteiger partial charge < -0.3 is 28.2 Å². The lowest BCUT2D eigenvalue weighted by atomic mass is 10.0. The van der Waals surface area contributed by atoms with Gasteiger partial charge in [-0.05, 0) is 35.4 Å². The molecule has 0 saturated heterocycles. The molecule has 34 heavy (non-hydrogen) atoms. The van der Waals surface area contributed by atoms with Gasteiger partial charge >= 0.3 is 7.60 Å². The van der Waals surface area contributed by atoms with E-state index < -0.39 is 25.1 Å². The van der Waals surface area contributed by atoms with Crippen molar-refractivity contribution in [1.82, 2.24) is 4.98 Å². The largest absolute Gasteiger partial charge is 0.497 e. The monoisotopic (exact) mass is 487 g/mol. The number of ether oxygens (including phenoxy) is 3. The van der Waals surface area contributed by atoms with Gasteiger partial charge in [-0.1, -0.05) is 24.3 Å². The van der Waals surface area contributed by atoms with Crippen LogP contribution < -0.4 is 19.8 Å². The second-order valence-corrected chi connectivity index (χ2v) is 9.43. The molecule has 0 unspecified atom stereocenters. The van der Waals surface area contributed by atoms with E-state index in [0.717, 1.165) is 11.3 Å². The van der Waals surface area contributed by atoms with Gasteiger partial charge in [-0.25, -0.2) is 0 Å². The first-order valence-electron chi connectivity index (χ1n) is 10.2. The molecule has 1 N–H and O–H groups in total. The molecule has 0 saturated carbocycles. The highest BCUT2D eigenvalue weighted by molar-refractivity contribution is 7.54. The summed E-state index contributed by atoms with van der Waals surface area (Å²) in [7, 11) is 1.65. The van der Waals surface area contributed by atoms with Crippen molar-refractivity contribution in [3.8, 4) is 28.4 Å². The second-order valence-electron chi connectivity index (χ2n) is 7.16. The van der Waals surface area contributed by atoms with Gasteiger partial charge in [0, 0.05) is 26.0 Å². The number of aromatic nitrogens is 1. The summed E-state index contributed by atoms with van der Waals surface area (Å²) >= 11 is 0. The van der Waals surface area contributed by atoms with Crippen molar-refractivity contribution in [2.24, 2.45) is 0 Å². The van der Waals surface area contributed by atoms with Crippen LogP contribution in [-0.4, -0.2) is 45.4 Å². The molecule has 2 aromatic carbocycles. The van der Waals surface area contributed by atoms with E-state index in [1.807, 2.05) is 24.3 Å². The molecule has 0 atom stereocenters. The third kappa shape index (κ3) is 5.75. The van der Waals surface area contributed by atoms with Crippen LogP contribution >= 0.6 is 7.60 Å². The minimum absolute atomic E-state index is 0.0689. The van der Waals surface area contributed by atoms with Gasteiger partial charge in [0.25, 0.3) is 5.56 Å². The summed E-state index contributed by atoms with van der Waals surface area (Å²) < 4.78 is 38.4. The van der Waals surface area contributed by atoms with Crippen molar-refractivity contribution in [2.45, 2.75) is 6.61 Å². The van der Waals surface area contributed by atoms with Gasteiger partial charge in [0.05, 0.1) is 14.2 Å². The van der Waals surface area contributed by atoms with E-state index in [9.17, 15) is 14.2 Å². The average molecular weight is 487 g/mol. The molecule has 0 bridgehead atoms. The fourth-order valence-electron chi connectivity index (χ4n) is 3.27. The minimum Gasteiger partial charge on any atom is -0.497 e. The molecule has 0 spiro atoms. The number of hydrogen-bond donors (Lipinski definition) is 1. The number of carbonyl (C=O) groups is 1. The summed E-state index contributed by atoms with van der Waals surface area (Å²) in [5.74, 6) is 0.763. The molecule has 180 valence electrons. The SMILES string of the molecule is COc1ccc(COc2ccc(-c3c[nH]c(=O)c(C(=O)CP(=O)(OC)OC)c3OC)cc2)cc1. The Morgan fingerprint density at radius 1 is 0.882 bits per heavy atom. The smallest absolute Gasteiger partial charge is 0.337 e. The van der Waals surface area contributed by atoms with Crippen molar-refractivity contribution in [2.75, 3.05) is 34.6 Å². The number of methoxy groups -OCH3 is 2. The fraction of sp³-hybridized carbons (Fsp3) is 0.250. The lowest BCUT2D eigenvalue weighted by molar-refractivity contribution is 0.100. The molecule has 3 rings (SSSR count). The summed E-state index contributed by atoms with van der Waals surface area (Å²) in [6.45, 7) is 0.378. The zero-order chi connectivity index (χ0) is 24.7. The number of carbonyl (C=O) groups excluding carboxylic acids is 1. The topological polar surface area (TPSA) is 113 Å². The van der Waals surface area contributed by atoms with Crippen LogP contribution in [0, 0.1) is 0 Å². The van der Waals surface area contributed by atoms with Gasteiger partial charge in [0.2, 0.25) is 0 Å². The zero-order valence-electron chi connectivity index (χ0n) is 19.3. The molecular weight excluding hydrogens is 461 g/mol. The Morgan fingerprint density at radius 2 is 1.50 bits per heavy atom. The molecule has 9 nitrogen and oxygen atoms in total. The maximum absolute atomic E-state index is 12.8. The number of Topliss-reactive ketones (excluding diaryl/α,β-unsaturated/α-hetero) is 1. The molecular formula is C24H26NO8P. The van der Waals surface area contributed by atoms with Crippen molar-refractivity contribution in [3.63, 3.8) is 0 Å². The van der Waals surface area contributed by atoms with Crippen molar-refractivity contribution >= 4 is 13.4 Å². The Hall–Kier alpha value is -3.39. The molecule has 0 amide bonds. The second kappa shape index (κ2) is 11.2. The first kappa shape index (κ1) is 25.2. The maximum Gasteiger partial charge on any atom is 0.337 e. The molecule has 3 aromatic rings. The van der Waals surface area contributed by atoms with Crippen LogP contribution in [0.25, 0.3) is 11.1 Å². The van der Waals surface area contributed by atoms with E-state index in [2.05, 4.69) is 4.98 Å². The van der Waals surface area contributed by atoms with E-state index in [-0.39, 0.29) is 11.3 Å². The van der Waals surface area contributed by atoms with Gasteiger partial charge in [0.15, 0.2) is 5.78 Å². The van der Waals surface area contributed by atoms with Gasteiger partial charge in [0.1, 0.15) is 35.6 Å². The Morgan fingerprint density at radius 3 is 2.06 bits per heavy atom. The normalized spacial score (nSPS) is 11.2. The van der Waals surface area contributed by atoms with Crippen molar-refractivity contribution < 1.29 is 32.6 Å². The van der Waals surface area contributed by atoms with Crippen LogP contribution in [-0.2, 0) is 20.2 Å². The number of hydrogen-bond acceptors (Lipinski definition) is 8. The number of ketones is 1. The molecule has 1 aromatic heterocycles. The van der Waals surface area contributed by atoms with Crippen LogP contribution in [0.15, 0.2) is 59.5 Å². The highest BCUT2D eigenvalue weighted by Crippen LogP contribution is 2.47. The molecule has 0 aliphatic carbocycles. The van der Waals surface area contributed by atoms with Crippen LogP contribution in [0.1, 0.15) is 15.9 Å².